The lowest BCUT2D eigenvalue weighted by Gasteiger charge is -2.29. The van der Waals surface area contributed by atoms with Crippen molar-refractivity contribution in [3.8, 4) is 33.4 Å². The van der Waals surface area contributed by atoms with Gasteiger partial charge in [0.2, 0.25) is 0 Å². The van der Waals surface area contributed by atoms with Crippen LogP contribution in [0.25, 0.3) is 44.5 Å². The van der Waals surface area contributed by atoms with Crippen molar-refractivity contribution in [3.63, 3.8) is 0 Å². The van der Waals surface area contributed by atoms with Crippen LogP contribution in [0.1, 0.15) is 17.9 Å². The number of anilines is 3. The van der Waals surface area contributed by atoms with Crippen LogP contribution in [0.3, 0.4) is 0 Å². The zero-order valence-electron chi connectivity index (χ0n) is 21.9. The standard InChI is InChI=1S/C37H26N2O/c1-3-11-25(12-4-1)27-19-28(26-13-5-2-6-14-26)21-29(20-27)39-35-18-10-9-17-32(35)30-15-7-8-16-31(30)33-22-34-37(23-36(33)39)40-24-38-34/h1-13,15-24,26H,14H2. The van der Waals surface area contributed by atoms with Gasteiger partial charge in [0.1, 0.15) is 5.52 Å². The summed E-state index contributed by atoms with van der Waals surface area (Å²) in [6, 6.07) is 39.4. The van der Waals surface area contributed by atoms with Crippen molar-refractivity contribution in [2.45, 2.75) is 12.3 Å². The van der Waals surface area contributed by atoms with Crippen LogP contribution in [-0.4, -0.2) is 4.98 Å². The summed E-state index contributed by atoms with van der Waals surface area (Å²) in [7, 11) is 0. The van der Waals surface area contributed by atoms with Gasteiger partial charge < -0.3 is 9.32 Å². The van der Waals surface area contributed by atoms with E-state index in [-0.39, 0.29) is 0 Å². The molecule has 190 valence electrons. The quantitative estimate of drug-likeness (QED) is 0.235. The summed E-state index contributed by atoms with van der Waals surface area (Å²) in [5, 5.41) is 0. The highest BCUT2D eigenvalue weighted by Crippen LogP contribution is 2.52. The Hall–Kier alpha value is -5.15. The Morgan fingerprint density at radius 1 is 0.650 bits per heavy atom. The minimum atomic E-state index is 0.322. The number of hydrogen-bond donors (Lipinski definition) is 0. The van der Waals surface area contributed by atoms with Crippen LogP contribution in [0.4, 0.5) is 17.1 Å². The van der Waals surface area contributed by atoms with Gasteiger partial charge in [-0.2, -0.15) is 0 Å². The largest absolute Gasteiger partial charge is 0.443 e. The molecule has 40 heavy (non-hydrogen) atoms. The molecule has 0 spiro atoms. The van der Waals surface area contributed by atoms with Crippen LogP contribution in [0, 0.1) is 0 Å². The first kappa shape index (κ1) is 22.8. The second kappa shape index (κ2) is 9.25. The number of allylic oxidation sites excluding steroid dienone is 4. The molecule has 0 amide bonds. The molecule has 3 nitrogen and oxygen atoms in total. The molecule has 1 aliphatic carbocycles. The molecule has 3 heteroatoms. The van der Waals surface area contributed by atoms with E-state index < -0.39 is 0 Å². The number of oxazole rings is 1. The number of rotatable bonds is 3. The van der Waals surface area contributed by atoms with Gasteiger partial charge in [-0.15, -0.1) is 0 Å². The van der Waals surface area contributed by atoms with Gasteiger partial charge in [-0.3, -0.25) is 0 Å². The highest BCUT2D eigenvalue weighted by Gasteiger charge is 2.28. The molecule has 2 heterocycles. The highest BCUT2D eigenvalue weighted by molar-refractivity contribution is 6.05. The summed E-state index contributed by atoms with van der Waals surface area (Å²) >= 11 is 0. The smallest absolute Gasteiger partial charge is 0.181 e. The lowest BCUT2D eigenvalue weighted by molar-refractivity contribution is 0.602. The van der Waals surface area contributed by atoms with Gasteiger partial charge in [-0.05, 0) is 58.5 Å². The molecular formula is C37H26N2O. The third-order valence-corrected chi connectivity index (χ3v) is 8.06. The SMILES string of the molecule is C1=CCC(c2cc(-c3ccccc3)cc(N3c4ccccc4-c4ccccc4-c4cc5ncoc5cc43)c2)C=C1. The first-order chi connectivity index (χ1) is 19.8. The molecule has 1 aliphatic heterocycles. The molecular weight excluding hydrogens is 488 g/mol. The summed E-state index contributed by atoms with van der Waals surface area (Å²) in [5.41, 5.74) is 13.4. The first-order valence-corrected chi connectivity index (χ1v) is 13.7. The molecule has 0 bridgehead atoms. The number of nitrogens with zero attached hydrogens (tertiary/aromatic N) is 2. The van der Waals surface area contributed by atoms with Crippen molar-refractivity contribution in [3.05, 3.63) is 145 Å². The van der Waals surface area contributed by atoms with Gasteiger partial charge in [0.25, 0.3) is 0 Å². The van der Waals surface area contributed by atoms with Crippen molar-refractivity contribution in [1.29, 1.82) is 0 Å². The predicted octanol–water partition coefficient (Wildman–Crippen LogP) is 10.2. The average Bonchev–Trinajstić information content (AvgIpc) is 3.45. The summed E-state index contributed by atoms with van der Waals surface area (Å²) in [6.45, 7) is 0. The molecule has 0 N–H and O–H groups in total. The van der Waals surface area contributed by atoms with E-state index in [4.69, 9.17) is 4.42 Å². The number of aromatic nitrogens is 1. The van der Waals surface area contributed by atoms with E-state index in [1.807, 2.05) is 0 Å². The Morgan fingerprint density at radius 3 is 2.25 bits per heavy atom. The summed E-state index contributed by atoms with van der Waals surface area (Å²) in [6.07, 6.45) is 11.4. The maximum absolute atomic E-state index is 5.84. The van der Waals surface area contributed by atoms with E-state index in [1.165, 1.54) is 39.8 Å². The maximum Gasteiger partial charge on any atom is 0.181 e. The molecule has 1 unspecified atom stereocenters. The van der Waals surface area contributed by atoms with E-state index in [2.05, 4.69) is 143 Å². The van der Waals surface area contributed by atoms with Crippen LogP contribution < -0.4 is 4.90 Å². The Kier molecular flexibility index (Phi) is 5.27. The van der Waals surface area contributed by atoms with Gasteiger partial charge in [-0.1, -0.05) is 103 Å². The molecule has 0 fully saturated rings. The minimum Gasteiger partial charge on any atom is -0.443 e. The zero-order valence-corrected chi connectivity index (χ0v) is 21.9. The van der Waals surface area contributed by atoms with E-state index in [1.54, 1.807) is 0 Å². The van der Waals surface area contributed by atoms with Crippen molar-refractivity contribution in [1.82, 2.24) is 4.98 Å². The Labute approximate surface area is 233 Å². The van der Waals surface area contributed by atoms with E-state index in [0.29, 0.717) is 5.92 Å². The lowest BCUT2D eigenvalue weighted by Crippen LogP contribution is -2.12. The number of benzene rings is 5. The Bertz CT molecular complexity index is 1950. The molecule has 1 aromatic heterocycles. The van der Waals surface area contributed by atoms with Crippen LogP contribution in [-0.2, 0) is 0 Å². The summed E-state index contributed by atoms with van der Waals surface area (Å²) < 4.78 is 5.84. The predicted molar refractivity (Wildman–Crippen MR) is 164 cm³/mol. The topological polar surface area (TPSA) is 29.3 Å². The molecule has 8 rings (SSSR count). The second-order valence-corrected chi connectivity index (χ2v) is 10.4. The van der Waals surface area contributed by atoms with E-state index in [9.17, 15) is 0 Å². The lowest BCUT2D eigenvalue weighted by atomic mass is 9.89. The third-order valence-electron chi connectivity index (χ3n) is 8.06. The average molecular weight is 515 g/mol. The fourth-order valence-corrected chi connectivity index (χ4v) is 6.15. The molecule has 1 atom stereocenters. The monoisotopic (exact) mass is 514 g/mol. The van der Waals surface area contributed by atoms with Crippen molar-refractivity contribution in [2.75, 3.05) is 4.90 Å². The first-order valence-electron chi connectivity index (χ1n) is 13.7. The molecule has 0 radical (unpaired) electrons. The molecule has 5 aromatic carbocycles. The summed E-state index contributed by atoms with van der Waals surface area (Å²) in [5.74, 6) is 0.322. The fraction of sp³-hybridized carbons (Fsp3) is 0.0541. The highest BCUT2D eigenvalue weighted by atomic mass is 16.3. The van der Waals surface area contributed by atoms with Gasteiger partial charge >= 0.3 is 0 Å². The maximum atomic E-state index is 5.84. The molecule has 0 saturated heterocycles. The van der Waals surface area contributed by atoms with Crippen molar-refractivity contribution in [2.24, 2.45) is 0 Å². The third kappa shape index (κ3) is 3.70. The number of hydrogen-bond acceptors (Lipinski definition) is 3. The van der Waals surface area contributed by atoms with Gasteiger partial charge in [0, 0.05) is 28.8 Å². The Balaban J connectivity index is 1.45. The minimum absolute atomic E-state index is 0.322. The van der Waals surface area contributed by atoms with E-state index >= 15 is 0 Å². The van der Waals surface area contributed by atoms with Gasteiger partial charge in [0.05, 0.1) is 11.4 Å². The number of fused-ring (bicyclic) bond motifs is 6. The molecule has 0 saturated carbocycles. The van der Waals surface area contributed by atoms with Crippen LogP contribution in [0.2, 0.25) is 0 Å². The van der Waals surface area contributed by atoms with E-state index in [0.717, 1.165) is 40.1 Å². The van der Waals surface area contributed by atoms with Crippen LogP contribution in [0.15, 0.2) is 144 Å². The second-order valence-electron chi connectivity index (χ2n) is 10.4. The van der Waals surface area contributed by atoms with Gasteiger partial charge in [-0.25, -0.2) is 4.98 Å². The normalized spacial score (nSPS) is 15.4. The molecule has 2 aliphatic rings. The summed E-state index contributed by atoms with van der Waals surface area (Å²) in [4.78, 5) is 6.91. The van der Waals surface area contributed by atoms with Crippen LogP contribution >= 0.6 is 0 Å². The van der Waals surface area contributed by atoms with Crippen molar-refractivity contribution >= 4 is 28.2 Å². The van der Waals surface area contributed by atoms with Crippen molar-refractivity contribution < 1.29 is 4.42 Å². The fourth-order valence-electron chi connectivity index (χ4n) is 6.15. The van der Waals surface area contributed by atoms with Gasteiger partial charge in [0.15, 0.2) is 12.0 Å². The number of para-hydroxylation sites is 1. The van der Waals surface area contributed by atoms with Crippen LogP contribution in [0.5, 0.6) is 0 Å². The Morgan fingerprint density at radius 2 is 1.43 bits per heavy atom. The zero-order chi connectivity index (χ0) is 26.5. The molecule has 6 aromatic rings.